The van der Waals surface area contributed by atoms with Crippen molar-refractivity contribution in [3.05, 3.63) is 65.4 Å². The van der Waals surface area contributed by atoms with Gasteiger partial charge in [-0.25, -0.2) is 4.68 Å². The van der Waals surface area contributed by atoms with Gasteiger partial charge >= 0.3 is 6.18 Å². The van der Waals surface area contributed by atoms with Gasteiger partial charge in [0.25, 0.3) is 5.91 Å². The first-order chi connectivity index (χ1) is 16.3. The molecule has 0 spiro atoms. The van der Waals surface area contributed by atoms with Gasteiger partial charge in [0.15, 0.2) is 17.5 Å². The standard InChI is InChI=1S/C23H21F3N4O4/c1-32-15-5-2-13(3-6-15)10-27-22(31)16-11-28-30-20(23(24,25)26)9-17(29-21(16)30)14-4-7-18-19(8-14)34-12-33-18/h2-8,11,17,20,29H,9-10,12H2,1H3,(H,27,31)/t17-,20+/m0/s1. The second-order valence-corrected chi connectivity index (χ2v) is 7.98. The van der Waals surface area contributed by atoms with Crippen molar-refractivity contribution in [3.63, 3.8) is 0 Å². The lowest BCUT2D eigenvalue weighted by molar-refractivity contribution is -0.173. The smallest absolute Gasteiger partial charge is 0.410 e. The number of anilines is 1. The molecule has 2 aromatic carbocycles. The Bertz CT molecular complexity index is 1210. The van der Waals surface area contributed by atoms with Gasteiger partial charge < -0.3 is 24.8 Å². The van der Waals surface area contributed by atoms with Gasteiger partial charge in [0, 0.05) is 13.0 Å². The van der Waals surface area contributed by atoms with Gasteiger partial charge in [0.1, 0.15) is 17.1 Å². The van der Waals surface area contributed by atoms with Crippen LogP contribution in [0.1, 0.15) is 40.0 Å². The highest BCUT2D eigenvalue weighted by Crippen LogP contribution is 2.45. The zero-order chi connectivity index (χ0) is 23.9. The van der Waals surface area contributed by atoms with E-state index in [4.69, 9.17) is 14.2 Å². The number of methoxy groups -OCH3 is 1. The molecule has 3 aromatic rings. The normalized spacial score (nSPS) is 18.7. The summed E-state index contributed by atoms with van der Waals surface area (Å²) in [6.45, 7) is 0.259. The molecule has 2 aliphatic rings. The van der Waals surface area contributed by atoms with Crippen molar-refractivity contribution in [1.29, 1.82) is 0 Å². The molecule has 2 aliphatic heterocycles. The molecule has 8 nitrogen and oxygen atoms in total. The fraction of sp³-hybridized carbons (Fsp3) is 0.304. The maximum Gasteiger partial charge on any atom is 0.410 e. The number of ether oxygens (including phenoxy) is 3. The van der Waals surface area contributed by atoms with Gasteiger partial charge in [-0.3, -0.25) is 4.79 Å². The highest BCUT2D eigenvalue weighted by atomic mass is 19.4. The molecule has 1 amide bonds. The van der Waals surface area contributed by atoms with Crippen molar-refractivity contribution < 1.29 is 32.2 Å². The molecule has 11 heteroatoms. The topological polar surface area (TPSA) is 86.6 Å². The molecule has 2 N–H and O–H groups in total. The van der Waals surface area contributed by atoms with E-state index in [-0.39, 0.29) is 31.1 Å². The van der Waals surface area contributed by atoms with Crippen LogP contribution in [0.4, 0.5) is 19.0 Å². The summed E-state index contributed by atoms with van der Waals surface area (Å²) in [6.07, 6.45) is -3.68. The molecule has 0 fully saturated rings. The van der Waals surface area contributed by atoms with E-state index < -0.39 is 24.2 Å². The lowest BCUT2D eigenvalue weighted by Crippen LogP contribution is -2.36. The number of hydrogen-bond donors (Lipinski definition) is 2. The Balaban J connectivity index is 1.40. The molecule has 0 radical (unpaired) electrons. The first kappa shape index (κ1) is 21.9. The zero-order valence-corrected chi connectivity index (χ0v) is 18.1. The number of alkyl halides is 3. The van der Waals surface area contributed by atoms with Crippen molar-refractivity contribution in [2.45, 2.75) is 31.2 Å². The first-order valence-corrected chi connectivity index (χ1v) is 10.5. The number of amides is 1. The molecule has 1 aromatic heterocycles. The van der Waals surface area contributed by atoms with E-state index >= 15 is 0 Å². The van der Waals surface area contributed by atoms with E-state index in [0.29, 0.717) is 22.8 Å². The summed E-state index contributed by atoms with van der Waals surface area (Å²) in [5.74, 6) is 1.17. The summed E-state index contributed by atoms with van der Waals surface area (Å²) in [5.41, 5.74) is 1.44. The van der Waals surface area contributed by atoms with Crippen molar-refractivity contribution in [2.75, 3.05) is 19.2 Å². The largest absolute Gasteiger partial charge is 0.497 e. The van der Waals surface area contributed by atoms with Crippen LogP contribution in [0.3, 0.4) is 0 Å². The van der Waals surface area contributed by atoms with Gasteiger partial charge in [-0.2, -0.15) is 18.3 Å². The Labute approximate surface area is 192 Å². The Morgan fingerprint density at radius 2 is 1.97 bits per heavy atom. The maximum absolute atomic E-state index is 13.9. The first-order valence-electron chi connectivity index (χ1n) is 10.5. The summed E-state index contributed by atoms with van der Waals surface area (Å²) < 4.78 is 58.4. The highest BCUT2D eigenvalue weighted by molar-refractivity contribution is 5.98. The fourth-order valence-electron chi connectivity index (χ4n) is 4.10. The number of hydrogen-bond acceptors (Lipinski definition) is 6. The maximum atomic E-state index is 13.9. The number of halogens is 3. The third-order valence-corrected chi connectivity index (χ3v) is 5.89. The fourth-order valence-corrected chi connectivity index (χ4v) is 4.10. The lowest BCUT2D eigenvalue weighted by Gasteiger charge is -2.34. The Kier molecular flexibility index (Phi) is 5.46. The van der Waals surface area contributed by atoms with Crippen molar-refractivity contribution in [3.8, 4) is 17.2 Å². The summed E-state index contributed by atoms with van der Waals surface area (Å²) >= 11 is 0. The molecule has 5 rings (SSSR count). The number of carbonyl (C=O) groups excluding carboxylic acids is 1. The Morgan fingerprint density at radius 1 is 1.21 bits per heavy atom. The molecule has 0 bridgehead atoms. The summed E-state index contributed by atoms with van der Waals surface area (Å²) in [6, 6.07) is 9.51. The predicted octanol–water partition coefficient (Wildman–Crippen LogP) is 4.21. The Morgan fingerprint density at radius 3 is 2.71 bits per heavy atom. The molecule has 178 valence electrons. The SMILES string of the molecule is COc1ccc(CNC(=O)c2cnn3c2N[C@H](c2ccc4c(c2)OCO4)C[C@@H]3C(F)(F)F)cc1. The second kappa shape index (κ2) is 8.47. The van der Waals surface area contributed by atoms with Crippen LogP contribution in [0.25, 0.3) is 0 Å². The van der Waals surface area contributed by atoms with Crippen LogP contribution in [0.5, 0.6) is 17.2 Å². The predicted molar refractivity (Wildman–Crippen MR) is 115 cm³/mol. The second-order valence-electron chi connectivity index (χ2n) is 7.98. The number of aromatic nitrogens is 2. The minimum absolute atomic E-state index is 0.0171. The third kappa shape index (κ3) is 4.09. The lowest BCUT2D eigenvalue weighted by atomic mass is 9.96. The molecule has 34 heavy (non-hydrogen) atoms. The van der Waals surface area contributed by atoms with Gasteiger partial charge in [-0.05, 0) is 35.4 Å². The molecule has 3 heterocycles. The van der Waals surface area contributed by atoms with Crippen molar-refractivity contribution in [2.24, 2.45) is 0 Å². The summed E-state index contributed by atoms with van der Waals surface area (Å²) in [7, 11) is 1.55. The monoisotopic (exact) mass is 474 g/mol. The van der Waals surface area contributed by atoms with Gasteiger partial charge in [0.2, 0.25) is 6.79 Å². The van der Waals surface area contributed by atoms with Crippen LogP contribution >= 0.6 is 0 Å². The third-order valence-electron chi connectivity index (χ3n) is 5.89. The number of rotatable bonds is 5. The average Bonchev–Trinajstić information content (AvgIpc) is 3.48. The van der Waals surface area contributed by atoms with Crippen LogP contribution in [0.15, 0.2) is 48.7 Å². The van der Waals surface area contributed by atoms with Gasteiger partial charge in [-0.1, -0.05) is 18.2 Å². The molecule has 0 aliphatic carbocycles. The number of nitrogens with zero attached hydrogens (tertiary/aromatic N) is 2. The van der Waals surface area contributed by atoms with E-state index in [2.05, 4.69) is 15.7 Å². The number of fused-ring (bicyclic) bond motifs is 2. The van der Waals surface area contributed by atoms with Gasteiger partial charge in [0.05, 0.1) is 19.3 Å². The highest BCUT2D eigenvalue weighted by Gasteiger charge is 2.47. The molecule has 0 unspecified atom stereocenters. The minimum Gasteiger partial charge on any atom is -0.497 e. The molecule has 0 saturated heterocycles. The zero-order valence-electron chi connectivity index (χ0n) is 18.1. The number of nitrogens with one attached hydrogen (secondary N) is 2. The van der Waals surface area contributed by atoms with E-state index in [1.807, 2.05) is 0 Å². The number of carbonyl (C=O) groups is 1. The quantitative estimate of drug-likeness (QED) is 0.576. The minimum atomic E-state index is -4.55. The van der Waals surface area contributed by atoms with Crippen LogP contribution in [0, 0.1) is 0 Å². The molecule has 0 saturated carbocycles. The van der Waals surface area contributed by atoms with Crippen LogP contribution in [0.2, 0.25) is 0 Å². The van der Waals surface area contributed by atoms with Crippen LogP contribution in [-0.4, -0.2) is 35.8 Å². The van der Waals surface area contributed by atoms with Crippen molar-refractivity contribution in [1.82, 2.24) is 15.1 Å². The molecular formula is C23H21F3N4O4. The average molecular weight is 474 g/mol. The van der Waals surface area contributed by atoms with Crippen LogP contribution in [-0.2, 0) is 6.54 Å². The summed E-state index contributed by atoms with van der Waals surface area (Å²) in [4.78, 5) is 12.9. The van der Waals surface area contributed by atoms with Crippen LogP contribution < -0.4 is 24.8 Å². The summed E-state index contributed by atoms with van der Waals surface area (Å²) in [5, 5.41) is 9.72. The molecule has 2 atom stereocenters. The van der Waals surface area contributed by atoms with Gasteiger partial charge in [-0.15, -0.1) is 0 Å². The van der Waals surface area contributed by atoms with E-state index in [9.17, 15) is 18.0 Å². The number of benzene rings is 2. The van der Waals surface area contributed by atoms with E-state index in [1.54, 1.807) is 49.6 Å². The van der Waals surface area contributed by atoms with E-state index in [0.717, 1.165) is 16.4 Å². The molecular weight excluding hydrogens is 453 g/mol. The Hall–Kier alpha value is -3.89. The van der Waals surface area contributed by atoms with E-state index in [1.165, 1.54) is 0 Å². The van der Waals surface area contributed by atoms with Crippen molar-refractivity contribution >= 4 is 11.7 Å².